The lowest BCUT2D eigenvalue weighted by molar-refractivity contribution is -0.131. The van der Waals surface area contributed by atoms with E-state index < -0.39 is 0 Å². The van der Waals surface area contributed by atoms with E-state index in [1.54, 1.807) is 19.4 Å². The van der Waals surface area contributed by atoms with Gasteiger partial charge in [-0.05, 0) is 18.9 Å². The van der Waals surface area contributed by atoms with Gasteiger partial charge >= 0.3 is 0 Å². The number of carbonyl (C=O) groups excluding carboxylic acids is 1. The first-order chi connectivity index (χ1) is 12.8. The molecule has 1 aromatic rings. The molecule has 0 radical (unpaired) electrons. The van der Waals surface area contributed by atoms with Gasteiger partial charge in [-0.2, -0.15) is 0 Å². The Morgan fingerprint density at radius 1 is 1.19 bits per heavy atom. The Morgan fingerprint density at radius 3 is 2.54 bits per heavy atom. The van der Waals surface area contributed by atoms with E-state index in [0.29, 0.717) is 32.1 Å². The third kappa shape index (κ3) is 4.93. The van der Waals surface area contributed by atoms with Crippen molar-refractivity contribution < 1.29 is 4.79 Å². The predicted molar refractivity (Wildman–Crippen MR) is 102 cm³/mol. The molecule has 2 aliphatic rings. The molecule has 1 saturated heterocycles. The van der Waals surface area contributed by atoms with Crippen LogP contribution in [0, 0.1) is 0 Å². The molecule has 1 fully saturated rings. The van der Waals surface area contributed by atoms with Crippen LogP contribution in [0.5, 0.6) is 0 Å². The summed E-state index contributed by atoms with van der Waals surface area (Å²) in [6.07, 6.45) is 10.3. The normalized spacial score (nSPS) is 18.3. The first kappa shape index (κ1) is 18.2. The van der Waals surface area contributed by atoms with Crippen LogP contribution in [0.2, 0.25) is 0 Å². The fraction of sp³-hybridized carbons (Fsp3) is 0.556. The molecule has 2 heterocycles. The van der Waals surface area contributed by atoms with E-state index in [4.69, 9.17) is 0 Å². The minimum Gasteiger partial charge on any atom is -0.356 e. The molecular formula is C18H27N7O. The van der Waals surface area contributed by atoms with Crippen molar-refractivity contribution in [2.75, 3.05) is 44.7 Å². The molecule has 0 unspecified atom stereocenters. The molecule has 0 spiro atoms. The molecule has 26 heavy (non-hydrogen) atoms. The van der Waals surface area contributed by atoms with Gasteiger partial charge in [-0.15, -0.1) is 0 Å². The number of nitrogens with one attached hydrogen (secondary N) is 2. The number of nitrogens with zero attached hydrogens (tertiary/aromatic N) is 5. The SMILES string of the molecule is CN=C(NCCC(=O)N1CCN(c2ncccn2)CC1)NC1CC=CC1. The molecule has 2 N–H and O–H groups in total. The van der Waals surface area contributed by atoms with Crippen LogP contribution in [-0.4, -0.2) is 72.5 Å². The third-order valence-corrected chi connectivity index (χ3v) is 4.67. The lowest BCUT2D eigenvalue weighted by atomic mass is 10.2. The molecule has 0 bridgehead atoms. The summed E-state index contributed by atoms with van der Waals surface area (Å²) in [5.41, 5.74) is 0. The number of guanidine groups is 1. The second-order valence-corrected chi connectivity index (χ2v) is 6.45. The number of aromatic nitrogens is 2. The Kier molecular flexibility index (Phi) is 6.40. The smallest absolute Gasteiger partial charge is 0.225 e. The van der Waals surface area contributed by atoms with E-state index in [1.807, 2.05) is 11.0 Å². The summed E-state index contributed by atoms with van der Waals surface area (Å²) in [6.45, 7) is 3.53. The lowest BCUT2D eigenvalue weighted by Crippen LogP contribution is -2.50. The number of carbonyl (C=O) groups is 1. The van der Waals surface area contributed by atoms with Crippen LogP contribution in [0.25, 0.3) is 0 Å². The molecule has 1 aromatic heterocycles. The zero-order chi connectivity index (χ0) is 18.2. The Labute approximate surface area is 154 Å². The minimum absolute atomic E-state index is 0.170. The van der Waals surface area contributed by atoms with Crippen molar-refractivity contribution in [1.82, 2.24) is 25.5 Å². The fourth-order valence-electron chi connectivity index (χ4n) is 3.18. The van der Waals surface area contributed by atoms with E-state index >= 15 is 0 Å². The van der Waals surface area contributed by atoms with Gasteiger partial charge < -0.3 is 20.4 Å². The van der Waals surface area contributed by atoms with E-state index in [2.05, 4.69) is 42.6 Å². The molecule has 8 nitrogen and oxygen atoms in total. The third-order valence-electron chi connectivity index (χ3n) is 4.67. The monoisotopic (exact) mass is 357 g/mol. The number of rotatable bonds is 5. The Morgan fingerprint density at radius 2 is 1.88 bits per heavy atom. The van der Waals surface area contributed by atoms with Crippen LogP contribution in [0.1, 0.15) is 19.3 Å². The van der Waals surface area contributed by atoms with Crippen molar-refractivity contribution >= 4 is 17.8 Å². The molecule has 1 amide bonds. The molecular weight excluding hydrogens is 330 g/mol. The van der Waals surface area contributed by atoms with Gasteiger partial charge in [-0.25, -0.2) is 9.97 Å². The number of anilines is 1. The van der Waals surface area contributed by atoms with Gasteiger partial charge in [-0.1, -0.05) is 12.2 Å². The van der Waals surface area contributed by atoms with Crippen LogP contribution >= 0.6 is 0 Å². The summed E-state index contributed by atoms with van der Waals surface area (Å²) in [5, 5.41) is 6.61. The van der Waals surface area contributed by atoms with Gasteiger partial charge in [0.1, 0.15) is 0 Å². The van der Waals surface area contributed by atoms with Crippen LogP contribution in [-0.2, 0) is 4.79 Å². The molecule has 0 atom stereocenters. The number of aliphatic imine (C=N–C) groups is 1. The van der Waals surface area contributed by atoms with Crippen molar-refractivity contribution in [3.63, 3.8) is 0 Å². The second-order valence-electron chi connectivity index (χ2n) is 6.45. The van der Waals surface area contributed by atoms with Crippen molar-refractivity contribution in [2.24, 2.45) is 4.99 Å². The van der Waals surface area contributed by atoms with Crippen molar-refractivity contribution in [3.8, 4) is 0 Å². The largest absolute Gasteiger partial charge is 0.356 e. The summed E-state index contributed by atoms with van der Waals surface area (Å²) < 4.78 is 0. The average molecular weight is 357 g/mol. The molecule has 140 valence electrons. The van der Waals surface area contributed by atoms with Gasteiger partial charge in [0.05, 0.1) is 0 Å². The maximum atomic E-state index is 12.4. The van der Waals surface area contributed by atoms with E-state index in [-0.39, 0.29) is 5.91 Å². The van der Waals surface area contributed by atoms with E-state index in [9.17, 15) is 4.79 Å². The highest BCUT2D eigenvalue weighted by Gasteiger charge is 2.22. The zero-order valence-corrected chi connectivity index (χ0v) is 15.3. The number of amides is 1. The van der Waals surface area contributed by atoms with Gasteiger partial charge in [0, 0.05) is 64.6 Å². The first-order valence-electron chi connectivity index (χ1n) is 9.18. The van der Waals surface area contributed by atoms with Crippen LogP contribution < -0.4 is 15.5 Å². The highest BCUT2D eigenvalue weighted by molar-refractivity contribution is 5.81. The Balaban J connectivity index is 1.36. The van der Waals surface area contributed by atoms with Crippen LogP contribution in [0.4, 0.5) is 5.95 Å². The molecule has 1 aliphatic heterocycles. The topological polar surface area (TPSA) is 85.8 Å². The summed E-state index contributed by atoms with van der Waals surface area (Å²) in [7, 11) is 1.75. The molecule has 0 aromatic carbocycles. The molecule has 1 aliphatic carbocycles. The predicted octanol–water partition coefficient (Wildman–Crippen LogP) is 0.399. The summed E-state index contributed by atoms with van der Waals surface area (Å²) >= 11 is 0. The standard InChI is InChI=1S/C18H27N7O/c1-19-17(23-15-5-2-3-6-15)20-10-7-16(26)24-11-13-25(14-12-24)18-21-8-4-9-22-18/h2-4,8-9,15H,5-7,10-14H2,1H3,(H2,19,20,23). The van der Waals surface area contributed by atoms with Crippen molar-refractivity contribution in [3.05, 3.63) is 30.6 Å². The quantitative estimate of drug-likeness (QED) is 0.451. The van der Waals surface area contributed by atoms with Gasteiger partial charge in [0.2, 0.25) is 11.9 Å². The molecule has 8 heteroatoms. The van der Waals surface area contributed by atoms with Crippen molar-refractivity contribution in [1.29, 1.82) is 0 Å². The molecule has 3 rings (SSSR count). The number of hydrogen-bond acceptors (Lipinski definition) is 5. The van der Waals surface area contributed by atoms with Crippen molar-refractivity contribution in [2.45, 2.75) is 25.3 Å². The second kappa shape index (κ2) is 9.17. The maximum absolute atomic E-state index is 12.4. The number of piperazine rings is 1. The first-order valence-corrected chi connectivity index (χ1v) is 9.18. The summed E-state index contributed by atoms with van der Waals surface area (Å²) in [4.78, 5) is 29.2. The van der Waals surface area contributed by atoms with Crippen LogP contribution in [0.3, 0.4) is 0 Å². The Hall–Kier alpha value is -2.64. The van der Waals surface area contributed by atoms with E-state index in [1.165, 1.54) is 0 Å². The highest BCUT2D eigenvalue weighted by atomic mass is 16.2. The number of hydrogen-bond donors (Lipinski definition) is 2. The zero-order valence-electron chi connectivity index (χ0n) is 15.3. The minimum atomic E-state index is 0.170. The van der Waals surface area contributed by atoms with Gasteiger partial charge in [0.25, 0.3) is 0 Å². The average Bonchev–Trinajstić information content (AvgIpc) is 3.21. The highest BCUT2D eigenvalue weighted by Crippen LogP contribution is 2.10. The summed E-state index contributed by atoms with van der Waals surface area (Å²) in [5.74, 6) is 1.67. The fourth-order valence-corrected chi connectivity index (χ4v) is 3.18. The van der Waals surface area contributed by atoms with E-state index in [0.717, 1.165) is 37.8 Å². The van der Waals surface area contributed by atoms with Gasteiger partial charge in [-0.3, -0.25) is 9.79 Å². The maximum Gasteiger partial charge on any atom is 0.225 e. The van der Waals surface area contributed by atoms with Gasteiger partial charge in [0.15, 0.2) is 5.96 Å². The Bertz CT molecular complexity index is 630. The molecule has 0 saturated carbocycles. The summed E-state index contributed by atoms with van der Waals surface area (Å²) in [6, 6.07) is 2.22. The van der Waals surface area contributed by atoms with Crippen LogP contribution in [0.15, 0.2) is 35.6 Å². The lowest BCUT2D eigenvalue weighted by Gasteiger charge is -2.34.